The van der Waals surface area contributed by atoms with Crippen LogP contribution in [0.3, 0.4) is 0 Å². The Labute approximate surface area is 107 Å². The van der Waals surface area contributed by atoms with Gasteiger partial charge in [0.15, 0.2) is 5.76 Å². The van der Waals surface area contributed by atoms with Crippen LogP contribution in [0.25, 0.3) is 10.9 Å². The summed E-state index contributed by atoms with van der Waals surface area (Å²) in [6, 6.07) is 5.66. The molecule has 0 radical (unpaired) electrons. The van der Waals surface area contributed by atoms with E-state index < -0.39 is 5.82 Å². The molecule has 0 spiro atoms. The Morgan fingerprint density at radius 1 is 1.37 bits per heavy atom. The third-order valence-electron chi connectivity index (χ3n) is 2.79. The van der Waals surface area contributed by atoms with Crippen molar-refractivity contribution in [2.24, 2.45) is 0 Å². The number of hydrogen-bond donors (Lipinski definition) is 0. The van der Waals surface area contributed by atoms with Crippen LogP contribution in [0.5, 0.6) is 0 Å². The van der Waals surface area contributed by atoms with Crippen molar-refractivity contribution in [1.29, 1.82) is 0 Å². The molecule has 0 saturated heterocycles. The van der Waals surface area contributed by atoms with Crippen molar-refractivity contribution in [2.75, 3.05) is 0 Å². The zero-order valence-corrected chi connectivity index (χ0v) is 10.1. The van der Waals surface area contributed by atoms with Gasteiger partial charge in [0.05, 0.1) is 29.5 Å². The van der Waals surface area contributed by atoms with E-state index in [0.717, 1.165) is 5.69 Å². The van der Waals surface area contributed by atoms with E-state index in [4.69, 9.17) is 4.52 Å². The summed E-state index contributed by atoms with van der Waals surface area (Å²) in [7, 11) is 0. The highest BCUT2D eigenvalue weighted by Gasteiger charge is 2.08. The highest BCUT2D eigenvalue weighted by molar-refractivity contribution is 5.77. The maximum absolute atomic E-state index is 13.0. The molecule has 2 heterocycles. The van der Waals surface area contributed by atoms with Crippen LogP contribution in [-0.2, 0) is 6.54 Å². The van der Waals surface area contributed by atoms with Crippen LogP contribution in [-0.4, -0.2) is 14.7 Å². The molecule has 0 aliphatic heterocycles. The second-order valence-electron chi connectivity index (χ2n) is 4.27. The van der Waals surface area contributed by atoms with Gasteiger partial charge in [-0.3, -0.25) is 9.36 Å². The highest BCUT2D eigenvalue weighted by atomic mass is 19.1. The van der Waals surface area contributed by atoms with Crippen molar-refractivity contribution in [1.82, 2.24) is 14.7 Å². The lowest BCUT2D eigenvalue weighted by Crippen LogP contribution is -2.21. The van der Waals surface area contributed by atoms with E-state index in [1.54, 1.807) is 13.0 Å². The zero-order valence-electron chi connectivity index (χ0n) is 10.1. The van der Waals surface area contributed by atoms with Gasteiger partial charge in [0, 0.05) is 12.1 Å². The monoisotopic (exact) mass is 259 g/mol. The van der Waals surface area contributed by atoms with E-state index in [1.807, 2.05) is 0 Å². The maximum atomic E-state index is 13.0. The topological polar surface area (TPSA) is 60.9 Å². The number of hydrogen-bond acceptors (Lipinski definition) is 4. The first-order valence-corrected chi connectivity index (χ1v) is 5.70. The van der Waals surface area contributed by atoms with Gasteiger partial charge >= 0.3 is 0 Å². The first-order chi connectivity index (χ1) is 9.13. The van der Waals surface area contributed by atoms with Gasteiger partial charge in [0.25, 0.3) is 5.56 Å². The molecule has 6 heteroatoms. The summed E-state index contributed by atoms with van der Waals surface area (Å²) in [6.07, 6.45) is 1.38. The fourth-order valence-corrected chi connectivity index (χ4v) is 1.90. The molecule has 2 aromatic heterocycles. The standard InChI is InChI=1S/C13H10FN3O2/c1-8-4-10(19-16-8)6-17-7-15-12-5-9(14)2-3-11(12)13(17)18/h2-5,7H,6H2,1H3. The summed E-state index contributed by atoms with van der Waals surface area (Å²) in [5.41, 5.74) is 0.855. The molecule has 0 aliphatic carbocycles. The minimum Gasteiger partial charge on any atom is -0.359 e. The molecule has 0 aliphatic rings. The number of aromatic nitrogens is 3. The van der Waals surface area contributed by atoms with Gasteiger partial charge in [-0.2, -0.15) is 0 Å². The number of rotatable bonds is 2. The number of benzene rings is 1. The molecule has 0 N–H and O–H groups in total. The molecular formula is C13H10FN3O2. The molecule has 0 atom stereocenters. The van der Waals surface area contributed by atoms with Gasteiger partial charge < -0.3 is 4.52 Å². The zero-order chi connectivity index (χ0) is 13.4. The second-order valence-corrected chi connectivity index (χ2v) is 4.27. The summed E-state index contributed by atoms with van der Waals surface area (Å²) in [5, 5.41) is 4.13. The van der Waals surface area contributed by atoms with Crippen molar-refractivity contribution in [3.63, 3.8) is 0 Å². The lowest BCUT2D eigenvalue weighted by Gasteiger charge is -2.04. The minimum absolute atomic E-state index is 0.237. The number of aryl methyl sites for hydroxylation is 1. The van der Waals surface area contributed by atoms with E-state index in [0.29, 0.717) is 16.7 Å². The predicted octanol–water partition coefficient (Wildman–Crippen LogP) is 1.88. The minimum atomic E-state index is -0.414. The molecule has 3 rings (SSSR count). The van der Waals surface area contributed by atoms with Crippen LogP contribution in [0.1, 0.15) is 11.5 Å². The molecule has 96 valence electrons. The molecule has 0 unspecified atom stereocenters. The van der Waals surface area contributed by atoms with Crippen molar-refractivity contribution in [3.8, 4) is 0 Å². The molecule has 0 amide bonds. The largest absolute Gasteiger partial charge is 0.359 e. The van der Waals surface area contributed by atoms with Gasteiger partial charge in [0.2, 0.25) is 0 Å². The molecular weight excluding hydrogens is 249 g/mol. The summed E-state index contributed by atoms with van der Waals surface area (Å²) < 4.78 is 19.5. The highest BCUT2D eigenvalue weighted by Crippen LogP contribution is 2.09. The smallest absolute Gasteiger partial charge is 0.261 e. The van der Waals surface area contributed by atoms with Crippen molar-refractivity contribution >= 4 is 10.9 Å². The predicted molar refractivity (Wildman–Crippen MR) is 66.3 cm³/mol. The molecule has 5 nitrogen and oxygen atoms in total. The van der Waals surface area contributed by atoms with Crippen LogP contribution in [0, 0.1) is 12.7 Å². The van der Waals surface area contributed by atoms with E-state index in [9.17, 15) is 9.18 Å². The number of fused-ring (bicyclic) bond motifs is 1. The summed E-state index contributed by atoms with van der Waals surface area (Å²) >= 11 is 0. The van der Waals surface area contributed by atoms with Crippen molar-refractivity contribution in [3.05, 3.63) is 58.2 Å². The Hall–Kier alpha value is -2.50. The fourth-order valence-electron chi connectivity index (χ4n) is 1.90. The van der Waals surface area contributed by atoms with Crippen molar-refractivity contribution in [2.45, 2.75) is 13.5 Å². The first-order valence-electron chi connectivity index (χ1n) is 5.70. The Bertz CT molecular complexity index is 807. The van der Waals surface area contributed by atoms with E-state index in [1.165, 1.54) is 29.1 Å². The molecule has 3 aromatic rings. The van der Waals surface area contributed by atoms with Gasteiger partial charge in [0.1, 0.15) is 5.82 Å². The SMILES string of the molecule is Cc1cc(Cn2cnc3cc(F)ccc3c2=O)on1. The van der Waals surface area contributed by atoms with Crippen molar-refractivity contribution < 1.29 is 8.91 Å². The second kappa shape index (κ2) is 4.31. The summed E-state index contributed by atoms with van der Waals surface area (Å²) in [5.74, 6) is 0.158. The Morgan fingerprint density at radius 2 is 2.21 bits per heavy atom. The average molecular weight is 259 g/mol. The summed E-state index contributed by atoms with van der Waals surface area (Å²) in [6.45, 7) is 2.05. The third kappa shape index (κ3) is 2.12. The maximum Gasteiger partial charge on any atom is 0.261 e. The molecule has 0 bridgehead atoms. The molecule has 0 fully saturated rings. The van der Waals surface area contributed by atoms with Gasteiger partial charge in [-0.25, -0.2) is 9.37 Å². The van der Waals surface area contributed by atoms with Gasteiger partial charge in [-0.05, 0) is 19.1 Å². The Balaban J connectivity index is 2.08. The summed E-state index contributed by atoms with van der Waals surface area (Å²) in [4.78, 5) is 16.3. The Kier molecular flexibility index (Phi) is 2.63. The quantitative estimate of drug-likeness (QED) is 0.705. The number of halogens is 1. The molecule has 0 saturated carbocycles. The lowest BCUT2D eigenvalue weighted by atomic mass is 10.2. The first kappa shape index (κ1) is 11.6. The molecule has 1 aromatic carbocycles. The van der Waals surface area contributed by atoms with E-state index >= 15 is 0 Å². The van der Waals surface area contributed by atoms with Crippen LogP contribution >= 0.6 is 0 Å². The van der Waals surface area contributed by atoms with Crippen LogP contribution in [0.15, 0.2) is 39.9 Å². The average Bonchev–Trinajstić information content (AvgIpc) is 2.78. The van der Waals surface area contributed by atoms with Crippen LogP contribution in [0.4, 0.5) is 4.39 Å². The fraction of sp³-hybridized carbons (Fsp3) is 0.154. The number of nitrogens with zero attached hydrogens (tertiary/aromatic N) is 3. The normalized spacial score (nSPS) is 11.1. The lowest BCUT2D eigenvalue weighted by molar-refractivity contribution is 0.371. The van der Waals surface area contributed by atoms with E-state index in [-0.39, 0.29) is 12.1 Å². The van der Waals surface area contributed by atoms with E-state index in [2.05, 4.69) is 10.1 Å². The molecule has 19 heavy (non-hydrogen) atoms. The van der Waals surface area contributed by atoms with Crippen LogP contribution in [0.2, 0.25) is 0 Å². The third-order valence-corrected chi connectivity index (χ3v) is 2.79. The Morgan fingerprint density at radius 3 is 2.95 bits per heavy atom. The van der Waals surface area contributed by atoms with Crippen LogP contribution < -0.4 is 5.56 Å². The van der Waals surface area contributed by atoms with Gasteiger partial charge in [-0.1, -0.05) is 5.16 Å². The van der Waals surface area contributed by atoms with Gasteiger partial charge in [-0.15, -0.1) is 0 Å².